The molecule has 11 heteroatoms. The number of aliphatic hydroxyl groups excluding tert-OH is 1. The van der Waals surface area contributed by atoms with E-state index in [9.17, 15) is 0 Å². The van der Waals surface area contributed by atoms with Crippen LogP contribution in [0.4, 0.5) is 0 Å². The van der Waals surface area contributed by atoms with Gasteiger partial charge in [-0.1, -0.05) is 0 Å². The van der Waals surface area contributed by atoms with Gasteiger partial charge in [0.2, 0.25) is 0 Å². The van der Waals surface area contributed by atoms with Crippen molar-refractivity contribution < 1.29 is 57.5 Å². The summed E-state index contributed by atoms with van der Waals surface area (Å²) in [6.07, 6.45) is 0.750. The first kappa shape index (κ1) is 30.7. The molecule has 0 spiro atoms. The molecule has 0 fully saturated rings. The zero-order valence-electron chi connectivity index (χ0n) is 7.76. The first-order valence-electron chi connectivity index (χ1n) is 2.84. The van der Waals surface area contributed by atoms with Crippen LogP contribution in [0.25, 0.3) is 0 Å². The number of hydrogen-bond acceptors (Lipinski definition) is 5. The summed E-state index contributed by atoms with van der Waals surface area (Å²) < 4.78 is 25.6. The Balaban J connectivity index is -0.0000000293. The van der Waals surface area contributed by atoms with Gasteiger partial charge in [0.05, 0.1) is 0 Å². The summed E-state index contributed by atoms with van der Waals surface area (Å²) in [5.74, 6) is 0. The van der Waals surface area contributed by atoms with Crippen molar-refractivity contribution in [2.45, 2.75) is 13.8 Å². The fourth-order valence-corrected chi connectivity index (χ4v) is 0. The van der Waals surface area contributed by atoms with E-state index < -0.39 is 14.0 Å². The summed E-state index contributed by atoms with van der Waals surface area (Å²) in [6.45, 7) is 3.38. The Morgan fingerprint density at radius 2 is 1.27 bits per heavy atom. The molecule has 0 aromatic heterocycles. The fraction of sp³-hybridized carbons (Fsp3) is 0.750. The zero-order chi connectivity index (χ0) is 12.6. The molecule has 0 saturated heterocycles. The second-order valence-electron chi connectivity index (χ2n) is 0.948. The quantitative estimate of drug-likeness (QED) is 0.316. The van der Waals surface area contributed by atoms with Gasteiger partial charge in [-0.15, -0.1) is 0 Å². The van der Waals surface area contributed by atoms with E-state index in [0.29, 0.717) is 0 Å². The molecule has 0 aliphatic carbocycles. The van der Waals surface area contributed by atoms with Gasteiger partial charge >= 0.3 is 90.2 Å². The van der Waals surface area contributed by atoms with Gasteiger partial charge in [0.1, 0.15) is 6.29 Å². The predicted molar refractivity (Wildman–Crippen MR) is 68.6 cm³/mol. The van der Waals surface area contributed by atoms with E-state index in [1.54, 1.807) is 6.92 Å². The van der Waals surface area contributed by atoms with E-state index in [1.807, 2.05) is 0 Å². The van der Waals surface area contributed by atoms with Crippen LogP contribution >= 0.6 is 59.9 Å². The molecule has 0 aromatic carbocycles. The first-order chi connectivity index (χ1) is 6.29. The topological polar surface area (TPSA) is 88.5 Å². The summed E-state index contributed by atoms with van der Waals surface area (Å²) >= 11 is 3.60. The third-order valence-corrected chi connectivity index (χ3v) is 0. The van der Waals surface area contributed by atoms with Crippen LogP contribution in [-0.2, 0) is 52.4 Å². The van der Waals surface area contributed by atoms with Crippen molar-refractivity contribution in [3.05, 3.63) is 0 Å². The summed E-state index contributed by atoms with van der Waals surface area (Å²) in [7, 11) is 0. The Morgan fingerprint density at radius 3 is 1.27 bits per heavy atom. The fourth-order valence-electron chi connectivity index (χ4n) is 0. The Kier molecular flexibility index (Phi) is 73.6. The summed E-state index contributed by atoms with van der Waals surface area (Å²) in [4.78, 5) is 8.53. The predicted octanol–water partition coefficient (Wildman–Crippen LogP) is 2.50. The average Bonchev–Trinajstić information content (AvgIpc) is 1.85. The molecule has 0 bridgehead atoms. The van der Waals surface area contributed by atoms with E-state index in [1.165, 1.54) is 6.92 Å². The number of carbonyl (C=O) groups excluding carboxylic acids is 1. The molecular formula is C4H10Cr2I3O5V. The molecule has 0 atom stereocenters. The molecule has 0 heterocycles. The minimum atomic E-state index is -3.79. The van der Waals surface area contributed by atoms with Crippen LogP contribution in [0.15, 0.2) is 0 Å². The second-order valence-corrected chi connectivity index (χ2v) is 37.0. The van der Waals surface area contributed by atoms with E-state index in [0.717, 1.165) is 6.29 Å². The maximum absolute atomic E-state index is 8.81. The molecule has 0 saturated carbocycles. The Hall–Kier alpha value is 2.87. The average molecular weight is 674 g/mol. The molecular weight excluding hydrogens is 664 g/mol. The molecule has 0 amide bonds. The Bertz CT molecular complexity index is 174. The molecule has 0 rings (SSSR count). The van der Waals surface area contributed by atoms with Gasteiger partial charge in [-0.2, -0.15) is 0 Å². The number of rotatable bonds is 0. The Morgan fingerprint density at radius 1 is 1.27 bits per heavy atom. The number of carbonyl (C=O) groups is 1. The summed E-state index contributed by atoms with van der Waals surface area (Å²) in [5.41, 5.74) is 0. The summed E-state index contributed by atoms with van der Waals surface area (Å²) in [6, 6.07) is 0. The van der Waals surface area contributed by atoms with Crippen LogP contribution in [0, 0.1) is 0 Å². The molecule has 1 N–H and O–H groups in total. The van der Waals surface area contributed by atoms with E-state index in [4.69, 9.17) is 21.3 Å². The van der Waals surface area contributed by atoms with Gasteiger partial charge in [0.15, 0.2) is 0 Å². The molecule has 15 heavy (non-hydrogen) atoms. The number of aldehydes is 1. The van der Waals surface area contributed by atoms with E-state index >= 15 is 0 Å². The normalized spacial score (nSPS) is 6.07. The minimum absolute atomic E-state index is 0. The third-order valence-electron chi connectivity index (χ3n) is 0. The zero-order valence-corrected chi connectivity index (χ0v) is 18.2. The van der Waals surface area contributed by atoms with Crippen molar-refractivity contribution in [3.8, 4) is 0 Å². The number of aliphatic hydroxyl groups is 1. The summed E-state index contributed by atoms with van der Waals surface area (Å²) in [5, 5.41) is 7.57. The Labute approximate surface area is 141 Å². The van der Waals surface area contributed by atoms with Crippen LogP contribution < -0.4 is 0 Å². The van der Waals surface area contributed by atoms with Gasteiger partial charge in [-0.3, -0.25) is 0 Å². The van der Waals surface area contributed by atoms with Crippen molar-refractivity contribution in [1.82, 2.24) is 0 Å². The van der Waals surface area contributed by atoms with Gasteiger partial charge in [0, 0.05) is 24.0 Å². The maximum atomic E-state index is 8.81. The first-order valence-corrected chi connectivity index (χ1v) is 17.9. The number of hydrogen-bond donors (Lipinski definition) is 1. The van der Waals surface area contributed by atoms with Crippen molar-refractivity contribution in [1.29, 1.82) is 0 Å². The van der Waals surface area contributed by atoms with Crippen molar-refractivity contribution in [3.63, 3.8) is 0 Å². The molecule has 0 aliphatic rings. The molecule has 0 aliphatic heterocycles. The van der Waals surface area contributed by atoms with Crippen molar-refractivity contribution >= 4 is 66.2 Å². The molecule has 0 unspecified atom stereocenters. The number of halogens is 3. The van der Waals surface area contributed by atoms with Gasteiger partial charge in [0.25, 0.3) is 0 Å². The molecule has 94 valence electrons. The molecule has 0 aromatic rings. The van der Waals surface area contributed by atoms with Crippen LogP contribution in [0.5, 0.6) is 0 Å². The van der Waals surface area contributed by atoms with Gasteiger partial charge in [-0.05, 0) is 13.8 Å². The monoisotopic (exact) mass is 674 g/mol. The van der Waals surface area contributed by atoms with Crippen LogP contribution in [0.2, 0.25) is 0 Å². The van der Waals surface area contributed by atoms with Crippen LogP contribution in [0.1, 0.15) is 13.8 Å². The molecule has 0 radical (unpaired) electrons. The van der Waals surface area contributed by atoms with Crippen LogP contribution in [0.3, 0.4) is 0 Å². The van der Waals surface area contributed by atoms with Gasteiger partial charge in [-0.25, -0.2) is 0 Å². The van der Waals surface area contributed by atoms with Crippen molar-refractivity contribution in [2.75, 3.05) is 6.61 Å². The van der Waals surface area contributed by atoms with E-state index in [-0.39, 0.29) is 28.9 Å². The van der Waals surface area contributed by atoms with Gasteiger partial charge < -0.3 is 9.90 Å². The second kappa shape index (κ2) is 36.0. The van der Waals surface area contributed by atoms with Crippen LogP contribution in [-0.4, -0.2) is 18.0 Å². The van der Waals surface area contributed by atoms with E-state index in [2.05, 4.69) is 59.9 Å². The van der Waals surface area contributed by atoms with Crippen molar-refractivity contribution in [2.24, 2.45) is 0 Å². The standard InChI is InChI=1S/C2H6O.C2H4O.2Cr.3HI.3O.V/c2*1-2-3;;;;;;;;;/h3H,2H2,1H3;2H,1H3;;;3*1H;;;;/q;;;;;;;;;;+3/p-3. The SMILES string of the molecule is CC=O.CCO.[Cr].[I][V]([I])[I].[O]=[Cr](=[O])=[O]. The third kappa shape index (κ3) is 453. The molecule has 5 nitrogen and oxygen atoms in total.